The van der Waals surface area contributed by atoms with Crippen LogP contribution < -0.4 is 14.4 Å². The van der Waals surface area contributed by atoms with Crippen LogP contribution in [0, 0.1) is 13.8 Å². The maximum atomic E-state index is 14.0. The van der Waals surface area contributed by atoms with E-state index in [-0.39, 0.29) is 17.3 Å². The molecule has 0 bridgehead atoms. The van der Waals surface area contributed by atoms with Gasteiger partial charge in [0.15, 0.2) is 0 Å². The number of sulfonamides is 1. The lowest BCUT2D eigenvalue weighted by Crippen LogP contribution is -2.51. The first kappa shape index (κ1) is 31.7. The van der Waals surface area contributed by atoms with Gasteiger partial charge in [-0.1, -0.05) is 55.3 Å². The van der Waals surface area contributed by atoms with Gasteiger partial charge in [-0.2, -0.15) is 0 Å². The van der Waals surface area contributed by atoms with Crippen LogP contribution in [0.3, 0.4) is 0 Å². The number of hydrogen-bond donors (Lipinski definition) is 1. The fraction of sp³-hybridized carbons (Fsp3) is 0.375. The third-order valence-electron chi connectivity index (χ3n) is 6.92. The lowest BCUT2D eigenvalue weighted by molar-refractivity contribution is -0.139. The number of nitrogens with zero attached hydrogens (tertiary/aromatic N) is 2. The Morgan fingerprint density at radius 2 is 1.59 bits per heavy atom. The zero-order valence-corrected chi connectivity index (χ0v) is 25.4. The summed E-state index contributed by atoms with van der Waals surface area (Å²) in [5, 5.41) is 2.91. The SMILES string of the molecule is CCCCNC(=O)[C@H](C)N(Cc1ccccc1C)C(=O)CN(c1ccc(OCC)cc1)S(=O)(=O)c1ccc(C)cc1. The molecule has 0 saturated heterocycles. The molecular formula is C32H41N3O5S. The van der Waals surface area contributed by atoms with Gasteiger partial charge in [0.25, 0.3) is 10.0 Å². The molecule has 1 atom stereocenters. The molecule has 3 rings (SSSR count). The summed E-state index contributed by atoms with van der Waals surface area (Å²) in [7, 11) is -4.12. The molecule has 0 saturated carbocycles. The van der Waals surface area contributed by atoms with Crippen molar-refractivity contribution in [1.82, 2.24) is 10.2 Å². The van der Waals surface area contributed by atoms with Crippen LogP contribution in [-0.2, 0) is 26.2 Å². The van der Waals surface area contributed by atoms with Crippen molar-refractivity contribution in [2.24, 2.45) is 0 Å². The third-order valence-corrected chi connectivity index (χ3v) is 8.71. The molecule has 0 radical (unpaired) electrons. The summed E-state index contributed by atoms with van der Waals surface area (Å²) in [5.74, 6) is -0.181. The van der Waals surface area contributed by atoms with Crippen LogP contribution in [0.1, 0.15) is 50.3 Å². The summed E-state index contributed by atoms with van der Waals surface area (Å²) in [6.45, 7) is 10.0. The normalized spacial score (nSPS) is 11.9. The van der Waals surface area contributed by atoms with E-state index in [1.54, 1.807) is 43.3 Å². The van der Waals surface area contributed by atoms with Crippen LogP contribution in [0.25, 0.3) is 0 Å². The first-order valence-electron chi connectivity index (χ1n) is 14.0. The largest absolute Gasteiger partial charge is 0.494 e. The topological polar surface area (TPSA) is 96.0 Å². The Labute approximate surface area is 244 Å². The van der Waals surface area contributed by atoms with E-state index in [1.807, 2.05) is 52.0 Å². The van der Waals surface area contributed by atoms with Crippen molar-refractivity contribution >= 4 is 27.5 Å². The van der Waals surface area contributed by atoms with E-state index in [0.29, 0.717) is 24.6 Å². The smallest absolute Gasteiger partial charge is 0.264 e. The molecule has 2 amide bonds. The zero-order valence-electron chi connectivity index (χ0n) is 24.6. The van der Waals surface area contributed by atoms with Crippen molar-refractivity contribution in [3.63, 3.8) is 0 Å². The molecule has 1 N–H and O–H groups in total. The highest BCUT2D eigenvalue weighted by atomic mass is 32.2. The molecule has 0 aliphatic rings. The summed E-state index contributed by atoms with van der Waals surface area (Å²) in [5.41, 5.74) is 3.08. The first-order valence-corrected chi connectivity index (χ1v) is 15.5. The fourth-order valence-electron chi connectivity index (χ4n) is 4.33. The second-order valence-electron chi connectivity index (χ2n) is 10.0. The summed E-state index contributed by atoms with van der Waals surface area (Å²) in [6.07, 6.45) is 1.75. The maximum absolute atomic E-state index is 14.0. The third kappa shape index (κ3) is 8.33. The van der Waals surface area contributed by atoms with E-state index in [9.17, 15) is 18.0 Å². The molecule has 0 heterocycles. The molecule has 9 heteroatoms. The van der Waals surface area contributed by atoms with E-state index < -0.39 is 28.5 Å². The maximum Gasteiger partial charge on any atom is 0.264 e. The predicted molar refractivity (Wildman–Crippen MR) is 162 cm³/mol. The predicted octanol–water partition coefficient (Wildman–Crippen LogP) is 5.23. The lowest BCUT2D eigenvalue weighted by atomic mass is 10.1. The van der Waals surface area contributed by atoms with E-state index in [0.717, 1.165) is 33.8 Å². The molecule has 8 nitrogen and oxygen atoms in total. The highest BCUT2D eigenvalue weighted by molar-refractivity contribution is 7.92. The molecular weight excluding hydrogens is 538 g/mol. The monoisotopic (exact) mass is 579 g/mol. The molecule has 3 aromatic rings. The van der Waals surface area contributed by atoms with Crippen LogP contribution in [0.2, 0.25) is 0 Å². The number of benzene rings is 3. The average molecular weight is 580 g/mol. The number of aryl methyl sites for hydroxylation is 2. The fourth-order valence-corrected chi connectivity index (χ4v) is 5.75. The summed E-state index contributed by atoms with van der Waals surface area (Å²) >= 11 is 0. The second-order valence-corrected chi connectivity index (χ2v) is 11.9. The van der Waals surface area contributed by atoms with Crippen molar-refractivity contribution in [1.29, 1.82) is 0 Å². The van der Waals surface area contributed by atoms with Gasteiger partial charge in [0.1, 0.15) is 18.3 Å². The van der Waals surface area contributed by atoms with Gasteiger partial charge in [-0.3, -0.25) is 13.9 Å². The van der Waals surface area contributed by atoms with Gasteiger partial charge < -0.3 is 15.0 Å². The molecule has 0 aliphatic carbocycles. The Bertz CT molecular complexity index is 1410. The van der Waals surface area contributed by atoms with Crippen molar-refractivity contribution in [3.8, 4) is 5.75 Å². The van der Waals surface area contributed by atoms with Gasteiger partial charge in [-0.05, 0) is 81.6 Å². The highest BCUT2D eigenvalue weighted by Gasteiger charge is 2.32. The molecule has 220 valence electrons. The van der Waals surface area contributed by atoms with Crippen LogP contribution in [0.4, 0.5) is 5.69 Å². The minimum absolute atomic E-state index is 0.0700. The Balaban J connectivity index is 2.01. The summed E-state index contributed by atoms with van der Waals surface area (Å²) in [6, 6.07) is 19.9. The van der Waals surface area contributed by atoms with Crippen molar-refractivity contribution < 1.29 is 22.7 Å². The molecule has 0 fully saturated rings. The molecule has 0 unspecified atom stereocenters. The quantitative estimate of drug-likeness (QED) is 0.264. The zero-order chi connectivity index (χ0) is 30.0. The minimum Gasteiger partial charge on any atom is -0.494 e. The van der Waals surface area contributed by atoms with Gasteiger partial charge in [0.2, 0.25) is 11.8 Å². The Hall–Kier alpha value is -3.85. The molecule has 0 aromatic heterocycles. The number of carbonyl (C=O) groups is 2. The van der Waals surface area contributed by atoms with Crippen molar-refractivity contribution in [2.75, 3.05) is 24.0 Å². The second kappa shape index (κ2) is 14.7. The van der Waals surface area contributed by atoms with Crippen LogP contribution in [0.5, 0.6) is 5.75 Å². The van der Waals surface area contributed by atoms with Crippen LogP contribution in [0.15, 0.2) is 77.7 Å². The number of rotatable bonds is 14. The van der Waals surface area contributed by atoms with Gasteiger partial charge in [-0.25, -0.2) is 8.42 Å². The standard InChI is InChI=1S/C32H41N3O5S/c1-6-8-21-33-32(37)26(5)34(22-27-12-10-9-11-25(27)4)31(36)23-35(28-15-17-29(18-16-28)40-7-2)41(38,39)30-19-13-24(3)14-20-30/h9-20,26H,6-8,21-23H2,1-5H3,(H,33,37)/t26-/m0/s1. The van der Waals surface area contributed by atoms with Gasteiger partial charge >= 0.3 is 0 Å². The lowest BCUT2D eigenvalue weighted by Gasteiger charge is -2.32. The van der Waals surface area contributed by atoms with Crippen LogP contribution in [-0.4, -0.2) is 50.9 Å². The molecule has 41 heavy (non-hydrogen) atoms. The number of nitrogens with one attached hydrogen (secondary N) is 1. The number of amides is 2. The van der Waals surface area contributed by atoms with E-state index >= 15 is 0 Å². The number of unbranched alkanes of at least 4 members (excludes halogenated alkanes) is 1. The summed E-state index contributed by atoms with van der Waals surface area (Å²) < 4.78 is 34.5. The number of carbonyl (C=O) groups excluding carboxylic acids is 2. The highest BCUT2D eigenvalue weighted by Crippen LogP contribution is 2.27. The van der Waals surface area contributed by atoms with Crippen LogP contribution >= 0.6 is 0 Å². The van der Waals surface area contributed by atoms with E-state index in [1.165, 1.54) is 17.0 Å². The van der Waals surface area contributed by atoms with E-state index in [4.69, 9.17) is 4.74 Å². The average Bonchev–Trinajstić information content (AvgIpc) is 2.96. The van der Waals surface area contributed by atoms with Gasteiger partial charge in [-0.15, -0.1) is 0 Å². The Morgan fingerprint density at radius 3 is 2.20 bits per heavy atom. The minimum atomic E-state index is -4.12. The molecule has 3 aromatic carbocycles. The molecule has 0 spiro atoms. The van der Waals surface area contributed by atoms with Crippen molar-refractivity contribution in [3.05, 3.63) is 89.5 Å². The number of anilines is 1. The van der Waals surface area contributed by atoms with Gasteiger partial charge in [0.05, 0.1) is 17.2 Å². The molecule has 0 aliphatic heterocycles. The van der Waals surface area contributed by atoms with E-state index in [2.05, 4.69) is 5.32 Å². The van der Waals surface area contributed by atoms with Crippen molar-refractivity contribution in [2.45, 2.75) is 64.9 Å². The Morgan fingerprint density at radius 1 is 0.927 bits per heavy atom. The first-order chi connectivity index (χ1) is 19.6. The van der Waals surface area contributed by atoms with Gasteiger partial charge in [0, 0.05) is 13.1 Å². The number of ether oxygens (including phenoxy) is 1. The summed E-state index contributed by atoms with van der Waals surface area (Å²) in [4.78, 5) is 28.7. The number of hydrogen-bond acceptors (Lipinski definition) is 5. The Kier molecular flexibility index (Phi) is 11.3.